The van der Waals surface area contributed by atoms with E-state index < -0.39 is 11.9 Å². The van der Waals surface area contributed by atoms with Crippen LogP contribution in [0.1, 0.15) is 50.2 Å². The van der Waals surface area contributed by atoms with Gasteiger partial charge in [-0.2, -0.15) is 0 Å². The Balaban J connectivity index is 1.74. The molecule has 0 saturated carbocycles. The summed E-state index contributed by atoms with van der Waals surface area (Å²) >= 11 is 6.26. The minimum Gasteiger partial charge on any atom is -0.490 e. The number of halogens is 1. The van der Waals surface area contributed by atoms with Gasteiger partial charge in [0.05, 0.1) is 19.1 Å². The number of benzene rings is 2. The first-order valence-corrected chi connectivity index (χ1v) is 12.1. The smallest absolute Gasteiger partial charge is 0.340 e. The Labute approximate surface area is 209 Å². The maximum atomic E-state index is 13.0. The molecule has 0 saturated heterocycles. The van der Waals surface area contributed by atoms with E-state index >= 15 is 0 Å². The van der Waals surface area contributed by atoms with Gasteiger partial charge in [-0.25, -0.2) is 4.79 Å². The summed E-state index contributed by atoms with van der Waals surface area (Å²) in [6, 6.07) is 12.8. The van der Waals surface area contributed by atoms with Gasteiger partial charge in [0.2, 0.25) is 5.88 Å². The lowest BCUT2D eigenvalue weighted by Crippen LogP contribution is -2.31. The molecule has 0 fully saturated rings. The van der Waals surface area contributed by atoms with Gasteiger partial charge in [0.25, 0.3) is 0 Å². The molecule has 1 aliphatic heterocycles. The van der Waals surface area contributed by atoms with Crippen molar-refractivity contribution < 1.29 is 28.5 Å². The molecule has 0 spiro atoms. The molecule has 2 aromatic rings. The summed E-state index contributed by atoms with van der Waals surface area (Å²) in [6.07, 6.45) is 1.63. The molecule has 8 heteroatoms. The van der Waals surface area contributed by atoms with Crippen LogP contribution in [0, 0.1) is 0 Å². The fourth-order valence-corrected chi connectivity index (χ4v) is 4.55. The number of hydrogen-bond acceptors (Lipinski definition) is 7. The lowest BCUT2D eigenvalue weighted by Gasteiger charge is -2.32. The highest BCUT2D eigenvalue weighted by atomic mass is 35.5. The van der Waals surface area contributed by atoms with E-state index in [1.807, 2.05) is 25.1 Å². The van der Waals surface area contributed by atoms with Gasteiger partial charge < -0.3 is 24.7 Å². The van der Waals surface area contributed by atoms with Gasteiger partial charge in [-0.05, 0) is 44.0 Å². The molecule has 0 radical (unpaired) electrons. The summed E-state index contributed by atoms with van der Waals surface area (Å²) < 4.78 is 22.9. The van der Waals surface area contributed by atoms with E-state index in [1.54, 1.807) is 31.2 Å². The summed E-state index contributed by atoms with van der Waals surface area (Å²) in [5.41, 5.74) is 8.25. The number of carbonyl (C=O) groups excluding carboxylic acids is 2. The third kappa shape index (κ3) is 5.15. The maximum absolute atomic E-state index is 13.0. The molecule has 2 aliphatic rings. The normalized spacial score (nSPS) is 17.6. The lowest BCUT2D eigenvalue weighted by atomic mass is 9.77. The highest BCUT2D eigenvalue weighted by Crippen LogP contribution is 2.45. The zero-order chi connectivity index (χ0) is 24.9. The predicted molar refractivity (Wildman–Crippen MR) is 131 cm³/mol. The van der Waals surface area contributed by atoms with Crippen molar-refractivity contribution in [2.75, 3.05) is 13.2 Å². The van der Waals surface area contributed by atoms with Gasteiger partial charge in [0, 0.05) is 29.0 Å². The van der Waals surface area contributed by atoms with Crippen molar-refractivity contribution in [2.24, 2.45) is 5.73 Å². The second kappa shape index (κ2) is 10.9. The quantitative estimate of drug-likeness (QED) is 0.502. The molecule has 35 heavy (non-hydrogen) atoms. The van der Waals surface area contributed by atoms with E-state index in [2.05, 4.69) is 0 Å². The first kappa shape index (κ1) is 24.7. The monoisotopic (exact) mass is 497 g/mol. The van der Waals surface area contributed by atoms with Crippen LogP contribution in [0.25, 0.3) is 0 Å². The van der Waals surface area contributed by atoms with Crippen molar-refractivity contribution in [1.82, 2.24) is 0 Å². The predicted octanol–water partition coefficient (Wildman–Crippen LogP) is 5.17. The van der Waals surface area contributed by atoms with Crippen LogP contribution in [-0.2, 0) is 25.7 Å². The Hall–Kier alpha value is -3.45. The molecule has 184 valence electrons. The molecule has 1 unspecified atom stereocenters. The molecule has 1 heterocycles. The molecule has 4 rings (SSSR count). The molecule has 2 aromatic carbocycles. The van der Waals surface area contributed by atoms with E-state index in [1.165, 1.54) is 0 Å². The van der Waals surface area contributed by atoms with Gasteiger partial charge in [0.1, 0.15) is 17.9 Å². The van der Waals surface area contributed by atoms with E-state index in [0.29, 0.717) is 59.3 Å². The van der Waals surface area contributed by atoms with Gasteiger partial charge in [0.15, 0.2) is 17.3 Å². The lowest BCUT2D eigenvalue weighted by molar-refractivity contribution is -0.139. The van der Waals surface area contributed by atoms with Crippen LogP contribution in [0.3, 0.4) is 0 Å². The maximum Gasteiger partial charge on any atom is 0.340 e. The van der Waals surface area contributed by atoms with Crippen LogP contribution >= 0.6 is 11.6 Å². The first-order chi connectivity index (χ1) is 16.9. The minimum atomic E-state index is -0.720. The Kier molecular flexibility index (Phi) is 7.66. The number of rotatable bonds is 8. The van der Waals surface area contributed by atoms with Gasteiger partial charge in [-0.3, -0.25) is 4.79 Å². The van der Waals surface area contributed by atoms with Crippen molar-refractivity contribution in [3.8, 4) is 11.5 Å². The molecular formula is C27H28ClNO6. The molecule has 1 atom stereocenters. The number of Topliss-reactive ketones (excluding diaryl/α,β-unsaturated/α-hetero) is 1. The van der Waals surface area contributed by atoms with Crippen molar-refractivity contribution >= 4 is 23.4 Å². The van der Waals surface area contributed by atoms with Gasteiger partial charge in [-0.1, -0.05) is 35.9 Å². The zero-order valence-corrected chi connectivity index (χ0v) is 20.5. The zero-order valence-electron chi connectivity index (χ0n) is 19.8. The van der Waals surface area contributed by atoms with Crippen LogP contribution in [0.5, 0.6) is 11.5 Å². The summed E-state index contributed by atoms with van der Waals surface area (Å²) in [5, 5.41) is 0.610. The fraction of sp³-hybridized carbons (Fsp3) is 0.333. The second-order valence-corrected chi connectivity index (χ2v) is 8.57. The second-order valence-electron chi connectivity index (χ2n) is 8.17. The highest BCUT2D eigenvalue weighted by molar-refractivity contribution is 6.31. The fourth-order valence-electron chi connectivity index (χ4n) is 4.36. The molecular weight excluding hydrogens is 470 g/mol. The van der Waals surface area contributed by atoms with Crippen molar-refractivity contribution in [1.29, 1.82) is 0 Å². The molecule has 0 amide bonds. The van der Waals surface area contributed by atoms with Crippen molar-refractivity contribution in [2.45, 2.75) is 45.6 Å². The van der Waals surface area contributed by atoms with E-state index in [9.17, 15) is 9.59 Å². The van der Waals surface area contributed by atoms with E-state index in [-0.39, 0.29) is 30.5 Å². The third-order valence-corrected chi connectivity index (χ3v) is 6.29. The topological polar surface area (TPSA) is 97.1 Å². The highest BCUT2D eigenvalue weighted by Gasteiger charge is 2.41. The number of carbonyl (C=O) groups is 2. The SMILES string of the molecule is CCOC(=O)C1=C(N)OC2=C(C(=O)CCC2)C1c1ccc(OCc2ccccc2Cl)c(OCC)c1. The van der Waals surface area contributed by atoms with Crippen LogP contribution < -0.4 is 15.2 Å². The van der Waals surface area contributed by atoms with E-state index in [4.69, 9.17) is 36.3 Å². The molecule has 0 aromatic heterocycles. The number of esters is 1. The average Bonchev–Trinajstić information content (AvgIpc) is 2.83. The van der Waals surface area contributed by atoms with Crippen LogP contribution in [0.15, 0.2) is 65.3 Å². The number of nitrogens with two attached hydrogens (primary N) is 1. The van der Waals surface area contributed by atoms with Crippen LogP contribution in [0.4, 0.5) is 0 Å². The number of ketones is 1. The Bertz CT molecular complexity index is 1200. The average molecular weight is 498 g/mol. The van der Waals surface area contributed by atoms with Crippen LogP contribution in [-0.4, -0.2) is 25.0 Å². The summed E-state index contributed by atoms with van der Waals surface area (Å²) in [7, 11) is 0. The summed E-state index contributed by atoms with van der Waals surface area (Å²) in [4.78, 5) is 25.9. The van der Waals surface area contributed by atoms with Gasteiger partial charge in [-0.15, -0.1) is 0 Å². The van der Waals surface area contributed by atoms with Crippen LogP contribution in [0.2, 0.25) is 5.02 Å². The van der Waals surface area contributed by atoms with Gasteiger partial charge >= 0.3 is 5.97 Å². The first-order valence-electron chi connectivity index (χ1n) is 11.7. The number of hydrogen-bond donors (Lipinski definition) is 1. The standard InChI is InChI=1S/C27H28ClNO6/c1-3-32-22-14-16(12-13-20(22)34-15-17-8-5-6-9-18(17)28)23-24-19(30)10-7-11-21(24)35-26(29)25(23)27(31)33-4-2/h5-6,8-9,12-14,23H,3-4,7,10-11,15,29H2,1-2H3. The van der Waals surface area contributed by atoms with E-state index in [0.717, 1.165) is 5.56 Å². The molecule has 7 nitrogen and oxygen atoms in total. The van der Waals surface area contributed by atoms with Crippen molar-refractivity contribution in [3.63, 3.8) is 0 Å². The summed E-state index contributed by atoms with van der Waals surface area (Å²) in [6.45, 7) is 4.40. The minimum absolute atomic E-state index is 0.0427. The Morgan fingerprint density at radius 1 is 1.09 bits per heavy atom. The third-order valence-electron chi connectivity index (χ3n) is 5.92. The van der Waals surface area contributed by atoms with Crippen molar-refractivity contribution in [3.05, 3.63) is 81.4 Å². The largest absolute Gasteiger partial charge is 0.490 e. The summed E-state index contributed by atoms with van der Waals surface area (Å²) in [5.74, 6) is 0.0618. The number of ether oxygens (including phenoxy) is 4. The Morgan fingerprint density at radius 2 is 1.89 bits per heavy atom. The molecule has 2 N–H and O–H groups in total. The molecule has 0 bridgehead atoms. The number of allylic oxidation sites excluding steroid dienone is 2. The Morgan fingerprint density at radius 3 is 2.63 bits per heavy atom. The molecule has 1 aliphatic carbocycles.